The molecule has 1 amide bonds. The van der Waals surface area contributed by atoms with Crippen LogP contribution in [0.5, 0.6) is 0 Å². The van der Waals surface area contributed by atoms with Gasteiger partial charge < -0.3 is 5.32 Å². The first-order valence-corrected chi connectivity index (χ1v) is 11.9. The molecule has 0 radical (unpaired) electrons. The molecule has 3 aromatic rings. The van der Waals surface area contributed by atoms with Crippen molar-refractivity contribution in [3.63, 3.8) is 0 Å². The minimum absolute atomic E-state index is 0.195. The van der Waals surface area contributed by atoms with Gasteiger partial charge in [-0.15, -0.1) is 0 Å². The molecule has 162 valence electrons. The van der Waals surface area contributed by atoms with Crippen molar-refractivity contribution in [3.05, 3.63) is 94.0 Å². The second-order valence-corrected chi connectivity index (χ2v) is 10.0. The summed E-state index contributed by atoms with van der Waals surface area (Å²) in [4.78, 5) is 12.6. The highest BCUT2D eigenvalue weighted by molar-refractivity contribution is 7.92. The monoisotopic (exact) mass is 436 g/mol. The van der Waals surface area contributed by atoms with Crippen LogP contribution in [-0.2, 0) is 16.6 Å². The molecule has 0 bridgehead atoms. The van der Waals surface area contributed by atoms with E-state index in [-0.39, 0.29) is 12.5 Å². The Morgan fingerprint density at radius 3 is 1.77 bits per heavy atom. The lowest BCUT2D eigenvalue weighted by Gasteiger charge is -2.23. The molecule has 3 aromatic carbocycles. The second kappa shape index (κ2) is 8.94. The zero-order valence-corrected chi connectivity index (χ0v) is 19.4. The number of carbonyl (C=O) groups is 1. The van der Waals surface area contributed by atoms with Crippen LogP contribution in [0.3, 0.4) is 0 Å². The van der Waals surface area contributed by atoms with Gasteiger partial charge >= 0.3 is 0 Å². The average molecular weight is 437 g/mol. The maximum absolute atomic E-state index is 12.6. The molecule has 0 saturated heterocycles. The second-order valence-electron chi connectivity index (χ2n) is 8.14. The number of anilines is 2. The van der Waals surface area contributed by atoms with E-state index in [2.05, 4.69) is 5.32 Å². The Hall–Kier alpha value is -3.12. The number of amides is 1. The van der Waals surface area contributed by atoms with E-state index in [4.69, 9.17) is 0 Å². The van der Waals surface area contributed by atoms with Gasteiger partial charge in [-0.1, -0.05) is 24.3 Å². The fraction of sp³-hybridized carbons (Fsp3) is 0.240. The normalized spacial score (nSPS) is 11.3. The predicted molar refractivity (Wildman–Crippen MR) is 127 cm³/mol. The molecule has 3 rings (SSSR count). The molecule has 5 nitrogen and oxygen atoms in total. The van der Waals surface area contributed by atoms with E-state index < -0.39 is 10.0 Å². The van der Waals surface area contributed by atoms with Gasteiger partial charge in [0.05, 0.1) is 18.5 Å². The quantitative estimate of drug-likeness (QED) is 0.582. The van der Waals surface area contributed by atoms with Crippen LogP contribution in [-0.4, -0.2) is 20.6 Å². The Kier molecular flexibility index (Phi) is 6.51. The van der Waals surface area contributed by atoms with E-state index >= 15 is 0 Å². The summed E-state index contributed by atoms with van der Waals surface area (Å²) < 4.78 is 26.3. The van der Waals surface area contributed by atoms with Crippen molar-refractivity contribution in [2.45, 2.75) is 34.2 Å². The van der Waals surface area contributed by atoms with Crippen LogP contribution in [0.4, 0.5) is 11.4 Å². The average Bonchev–Trinajstić information content (AvgIpc) is 2.64. The first kappa shape index (κ1) is 22.6. The number of aryl methyl sites for hydroxylation is 4. The van der Waals surface area contributed by atoms with Crippen LogP contribution < -0.4 is 9.62 Å². The summed E-state index contributed by atoms with van der Waals surface area (Å²) in [6.07, 6.45) is 1.20. The summed E-state index contributed by atoms with van der Waals surface area (Å²) in [5.74, 6) is -0.203. The first-order valence-electron chi connectivity index (χ1n) is 10.1. The number of hydrogen-bond donors (Lipinski definition) is 1. The highest BCUT2D eigenvalue weighted by atomic mass is 32.2. The topological polar surface area (TPSA) is 66.5 Å². The van der Waals surface area contributed by atoms with Gasteiger partial charge in [0, 0.05) is 11.3 Å². The van der Waals surface area contributed by atoms with Gasteiger partial charge in [0.2, 0.25) is 10.0 Å². The van der Waals surface area contributed by atoms with E-state index in [1.54, 1.807) is 24.3 Å². The minimum atomic E-state index is -3.47. The predicted octanol–water partition coefficient (Wildman–Crippen LogP) is 5.14. The molecule has 0 heterocycles. The summed E-state index contributed by atoms with van der Waals surface area (Å²) >= 11 is 0. The van der Waals surface area contributed by atoms with Crippen LogP contribution in [0.15, 0.2) is 60.7 Å². The van der Waals surface area contributed by atoms with Gasteiger partial charge in [-0.3, -0.25) is 9.10 Å². The molecule has 0 aliphatic carbocycles. The molecule has 0 aliphatic rings. The molecule has 0 aliphatic heterocycles. The molecule has 0 aromatic heterocycles. The zero-order chi connectivity index (χ0) is 22.8. The fourth-order valence-corrected chi connectivity index (χ4v) is 4.54. The molecule has 0 saturated carbocycles. The lowest BCUT2D eigenvalue weighted by molar-refractivity contribution is 0.102. The van der Waals surface area contributed by atoms with Crippen LogP contribution in [0.1, 0.15) is 38.2 Å². The molecule has 1 N–H and O–H groups in total. The van der Waals surface area contributed by atoms with Gasteiger partial charge in [-0.2, -0.15) is 0 Å². The maximum Gasteiger partial charge on any atom is 0.255 e. The van der Waals surface area contributed by atoms with Crippen molar-refractivity contribution in [2.75, 3.05) is 15.9 Å². The Bertz CT molecular complexity index is 1180. The number of sulfonamides is 1. The SMILES string of the molecule is Cc1cc(C)cc(NC(=O)c2ccc(CN(c3cc(C)cc(C)c3)S(C)(=O)=O)cc2)c1. The van der Waals surface area contributed by atoms with E-state index in [1.165, 1.54) is 10.6 Å². The van der Waals surface area contributed by atoms with Gasteiger partial charge in [-0.25, -0.2) is 8.42 Å². The minimum Gasteiger partial charge on any atom is -0.322 e. The number of hydrogen-bond acceptors (Lipinski definition) is 3. The van der Waals surface area contributed by atoms with E-state index in [0.717, 1.165) is 33.5 Å². The van der Waals surface area contributed by atoms with E-state index in [1.807, 2.05) is 64.1 Å². The zero-order valence-electron chi connectivity index (χ0n) is 18.6. The largest absolute Gasteiger partial charge is 0.322 e. The number of carbonyl (C=O) groups excluding carboxylic acids is 1. The molecule has 31 heavy (non-hydrogen) atoms. The smallest absolute Gasteiger partial charge is 0.255 e. The maximum atomic E-state index is 12.6. The van der Waals surface area contributed by atoms with Crippen molar-refractivity contribution in [2.24, 2.45) is 0 Å². The fourth-order valence-electron chi connectivity index (χ4n) is 3.67. The summed E-state index contributed by atoms with van der Waals surface area (Å²) in [5, 5.41) is 2.92. The molecule has 0 spiro atoms. The lowest BCUT2D eigenvalue weighted by Crippen LogP contribution is -2.29. The van der Waals surface area contributed by atoms with Crippen LogP contribution >= 0.6 is 0 Å². The Morgan fingerprint density at radius 1 is 0.806 bits per heavy atom. The first-order chi connectivity index (χ1) is 14.5. The summed E-state index contributed by atoms with van der Waals surface area (Å²) in [6.45, 7) is 8.06. The van der Waals surface area contributed by atoms with Crippen molar-refractivity contribution in [1.29, 1.82) is 0 Å². The van der Waals surface area contributed by atoms with Crippen LogP contribution in [0.2, 0.25) is 0 Å². The molecule has 0 atom stereocenters. The van der Waals surface area contributed by atoms with Crippen molar-refractivity contribution < 1.29 is 13.2 Å². The third-order valence-electron chi connectivity index (χ3n) is 4.92. The highest BCUT2D eigenvalue weighted by Crippen LogP contribution is 2.24. The Labute approximate surface area is 184 Å². The highest BCUT2D eigenvalue weighted by Gasteiger charge is 2.19. The third kappa shape index (κ3) is 5.95. The molecular weight excluding hydrogens is 408 g/mol. The van der Waals surface area contributed by atoms with Crippen LogP contribution in [0.25, 0.3) is 0 Å². The van der Waals surface area contributed by atoms with Crippen molar-refractivity contribution in [3.8, 4) is 0 Å². The van der Waals surface area contributed by atoms with Crippen molar-refractivity contribution in [1.82, 2.24) is 0 Å². The number of nitrogens with one attached hydrogen (secondary N) is 1. The standard InChI is InChI=1S/C25H28N2O3S/c1-17-10-18(2)13-23(12-17)26-25(28)22-8-6-21(7-9-22)16-27(31(5,29)30)24-14-19(3)11-20(4)15-24/h6-15H,16H2,1-5H3,(H,26,28). The van der Waals surface area contributed by atoms with E-state index in [0.29, 0.717) is 11.3 Å². The summed E-state index contributed by atoms with van der Waals surface area (Å²) in [5.41, 5.74) is 6.87. The Balaban J connectivity index is 1.80. The Morgan fingerprint density at radius 2 is 1.29 bits per heavy atom. The summed E-state index contributed by atoms with van der Waals surface area (Å²) in [6, 6.07) is 18.6. The number of benzene rings is 3. The third-order valence-corrected chi connectivity index (χ3v) is 6.06. The van der Waals surface area contributed by atoms with Gasteiger partial charge in [0.1, 0.15) is 0 Å². The molecule has 0 fully saturated rings. The molecule has 6 heteroatoms. The lowest BCUT2D eigenvalue weighted by atomic mass is 10.1. The number of rotatable bonds is 6. The molecular formula is C25H28N2O3S. The summed E-state index contributed by atoms with van der Waals surface area (Å²) in [7, 11) is -3.47. The number of nitrogens with zero attached hydrogens (tertiary/aromatic N) is 1. The van der Waals surface area contributed by atoms with Gasteiger partial charge in [0.25, 0.3) is 5.91 Å². The van der Waals surface area contributed by atoms with Gasteiger partial charge in [0.15, 0.2) is 0 Å². The van der Waals surface area contributed by atoms with Crippen molar-refractivity contribution >= 4 is 27.3 Å². The molecule has 0 unspecified atom stereocenters. The van der Waals surface area contributed by atoms with Crippen LogP contribution in [0, 0.1) is 27.7 Å². The van der Waals surface area contributed by atoms with E-state index in [9.17, 15) is 13.2 Å². The van der Waals surface area contributed by atoms with Gasteiger partial charge in [-0.05, 0) is 91.9 Å².